The standard InChI is InChI=1S/C27H23ClFN5O2S/c1-36-16-24(35)31-21-11-10-19(15-20(21)28)34-26(25(32-27(34)37)22-8-2-3-12-30-22)23-9-5-13-33(23)18-7-4-6-17(29)14-18/h2-15,25-26H,16H2,1H3,(H,31,35)(H,32,37)/t25-,26+/m0/s1. The quantitative estimate of drug-likeness (QED) is 0.308. The average Bonchev–Trinajstić information content (AvgIpc) is 3.50. The predicted octanol–water partition coefficient (Wildman–Crippen LogP) is 5.43. The molecular weight excluding hydrogens is 513 g/mol. The molecule has 0 unspecified atom stereocenters. The molecule has 1 aliphatic rings. The molecule has 0 bridgehead atoms. The third-order valence-corrected chi connectivity index (χ3v) is 6.68. The van der Waals surface area contributed by atoms with Crippen molar-refractivity contribution < 1.29 is 13.9 Å². The van der Waals surface area contributed by atoms with Crippen LogP contribution in [0.2, 0.25) is 5.02 Å². The van der Waals surface area contributed by atoms with Gasteiger partial charge in [0.15, 0.2) is 5.11 Å². The van der Waals surface area contributed by atoms with Crippen molar-refractivity contribution in [3.05, 3.63) is 107 Å². The van der Waals surface area contributed by atoms with Gasteiger partial charge in [0, 0.05) is 36.6 Å². The first-order valence-electron chi connectivity index (χ1n) is 11.5. The van der Waals surface area contributed by atoms with E-state index in [9.17, 15) is 9.18 Å². The number of amides is 1. The Labute approximate surface area is 223 Å². The van der Waals surface area contributed by atoms with Gasteiger partial charge in [0.25, 0.3) is 0 Å². The number of carbonyl (C=O) groups is 1. The molecule has 0 aliphatic carbocycles. The largest absolute Gasteiger partial charge is 0.375 e. The number of hydrogen-bond donors (Lipinski definition) is 2. The predicted molar refractivity (Wildman–Crippen MR) is 146 cm³/mol. The molecule has 37 heavy (non-hydrogen) atoms. The number of halogens is 2. The van der Waals surface area contributed by atoms with E-state index in [4.69, 9.17) is 28.6 Å². The SMILES string of the molecule is COCC(=O)Nc1ccc(N2C(=S)N[C@@H](c3ccccn3)[C@H]2c2cccn2-c2cccc(F)c2)cc1Cl. The van der Waals surface area contributed by atoms with Gasteiger partial charge in [0.05, 0.1) is 22.4 Å². The summed E-state index contributed by atoms with van der Waals surface area (Å²) in [7, 11) is 1.45. The zero-order valence-electron chi connectivity index (χ0n) is 19.8. The Kier molecular flexibility index (Phi) is 7.18. The van der Waals surface area contributed by atoms with E-state index in [1.54, 1.807) is 24.4 Å². The number of nitrogens with zero attached hydrogens (tertiary/aromatic N) is 3. The van der Waals surface area contributed by atoms with Crippen molar-refractivity contribution in [3.63, 3.8) is 0 Å². The summed E-state index contributed by atoms with van der Waals surface area (Å²) in [6, 6.07) is 20.7. The summed E-state index contributed by atoms with van der Waals surface area (Å²) in [6.07, 6.45) is 3.63. The second-order valence-electron chi connectivity index (χ2n) is 8.42. The van der Waals surface area contributed by atoms with E-state index in [-0.39, 0.29) is 30.4 Å². The zero-order chi connectivity index (χ0) is 25.9. The number of methoxy groups -OCH3 is 1. The van der Waals surface area contributed by atoms with Crippen LogP contribution >= 0.6 is 23.8 Å². The lowest BCUT2D eigenvalue weighted by atomic mass is 10.0. The van der Waals surface area contributed by atoms with Gasteiger partial charge in [-0.15, -0.1) is 0 Å². The summed E-state index contributed by atoms with van der Waals surface area (Å²) >= 11 is 12.4. The highest BCUT2D eigenvalue weighted by Gasteiger charge is 2.42. The van der Waals surface area contributed by atoms with Crippen molar-refractivity contribution in [2.45, 2.75) is 12.1 Å². The Morgan fingerprint density at radius 3 is 2.73 bits per heavy atom. The summed E-state index contributed by atoms with van der Waals surface area (Å²) in [5.74, 6) is -0.634. The van der Waals surface area contributed by atoms with Gasteiger partial charge in [-0.05, 0) is 72.9 Å². The van der Waals surface area contributed by atoms with Crippen LogP contribution < -0.4 is 15.5 Å². The molecule has 2 N–H and O–H groups in total. The summed E-state index contributed by atoms with van der Waals surface area (Å²) in [4.78, 5) is 18.5. The average molecular weight is 536 g/mol. The fourth-order valence-electron chi connectivity index (χ4n) is 4.50. The lowest BCUT2D eigenvalue weighted by Crippen LogP contribution is -2.30. The first-order chi connectivity index (χ1) is 18.0. The molecule has 2 atom stereocenters. The molecule has 1 saturated heterocycles. The highest BCUT2D eigenvalue weighted by molar-refractivity contribution is 7.80. The number of benzene rings is 2. The molecule has 3 heterocycles. The van der Waals surface area contributed by atoms with Crippen molar-refractivity contribution in [2.24, 2.45) is 0 Å². The van der Waals surface area contributed by atoms with E-state index < -0.39 is 0 Å². The van der Waals surface area contributed by atoms with Crippen LogP contribution in [0.3, 0.4) is 0 Å². The number of ether oxygens (including phenoxy) is 1. The van der Waals surface area contributed by atoms with Gasteiger partial charge < -0.3 is 24.8 Å². The number of anilines is 2. The van der Waals surface area contributed by atoms with E-state index in [0.29, 0.717) is 21.5 Å². The fraction of sp³-hybridized carbons (Fsp3) is 0.148. The number of rotatable bonds is 7. The van der Waals surface area contributed by atoms with Crippen molar-refractivity contribution in [2.75, 3.05) is 23.9 Å². The molecule has 5 rings (SSSR count). The molecule has 1 amide bonds. The van der Waals surface area contributed by atoms with Crippen molar-refractivity contribution in [3.8, 4) is 5.69 Å². The Balaban J connectivity index is 1.59. The van der Waals surface area contributed by atoms with Crippen LogP contribution in [0.25, 0.3) is 5.69 Å². The topological polar surface area (TPSA) is 71.4 Å². The summed E-state index contributed by atoms with van der Waals surface area (Å²) in [5, 5.41) is 6.98. The highest BCUT2D eigenvalue weighted by Crippen LogP contribution is 2.43. The number of carbonyl (C=O) groups excluding carboxylic acids is 1. The molecule has 1 fully saturated rings. The van der Waals surface area contributed by atoms with Gasteiger partial charge in [-0.2, -0.15) is 0 Å². The number of nitrogens with one attached hydrogen (secondary N) is 2. The molecule has 10 heteroatoms. The molecular formula is C27H23ClFN5O2S. The molecule has 0 radical (unpaired) electrons. The van der Waals surface area contributed by atoms with Crippen LogP contribution in [0.1, 0.15) is 23.5 Å². The van der Waals surface area contributed by atoms with Crippen LogP contribution in [0, 0.1) is 5.82 Å². The number of hydrogen-bond acceptors (Lipinski definition) is 4. The van der Waals surface area contributed by atoms with Crippen molar-refractivity contribution in [1.82, 2.24) is 14.9 Å². The van der Waals surface area contributed by atoms with E-state index in [2.05, 4.69) is 15.6 Å². The van der Waals surface area contributed by atoms with E-state index >= 15 is 0 Å². The van der Waals surface area contributed by atoms with Gasteiger partial charge in [-0.3, -0.25) is 9.78 Å². The second-order valence-corrected chi connectivity index (χ2v) is 9.22. The molecule has 1 aliphatic heterocycles. The zero-order valence-corrected chi connectivity index (χ0v) is 21.3. The fourth-order valence-corrected chi connectivity index (χ4v) is 5.07. The van der Waals surface area contributed by atoms with Crippen LogP contribution in [0.5, 0.6) is 0 Å². The summed E-state index contributed by atoms with van der Waals surface area (Å²) in [5.41, 5.74) is 3.56. The third kappa shape index (κ3) is 5.06. The van der Waals surface area contributed by atoms with E-state index in [1.807, 2.05) is 58.1 Å². The minimum absolute atomic E-state index is 0.0802. The molecule has 4 aromatic rings. The van der Waals surface area contributed by atoms with Gasteiger partial charge >= 0.3 is 0 Å². The first kappa shape index (κ1) is 24.9. The molecule has 7 nitrogen and oxygen atoms in total. The van der Waals surface area contributed by atoms with Crippen LogP contribution in [0.15, 0.2) is 85.2 Å². The lowest BCUT2D eigenvalue weighted by molar-refractivity contribution is -0.119. The van der Waals surface area contributed by atoms with Gasteiger partial charge in [0.2, 0.25) is 5.91 Å². The van der Waals surface area contributed by atoms with Crippen LogP contribution in [-0.4, -0.2) is 34.3 Å². The second kappa shape index (κ2) is 10.7. The van der Waals surface area contributed by atoms with Gasteiger partial charge in [-0.25, -0.2) is 4.39 Å². The normalized spacial score (nSPS) is 17.1. The van der Waals surface area contributed by atoms with Crippen molar-refractivity contribution in [1.29, 1.82) is 0 Å². The van der Waals surface area contributed by atoms with Crippen molar-refractivity contribution >= 4 is 46.2 Å². The number of pyridine rings is 1. The Hall–Kier alpha value is -3.79. The third-order valence-electron chi connectivity index (χ3n) is 6.05. The maximum Gasteiger partial charge on any atom is 0.250 e. The summed E-state index contributed by atoms with van der Waals surface area (Å²) in [6.45, 7) is -0.0802. The highest BCUT2D eigenvalue weighted by atomic mass is 35.5. The Morgan fingerprint density at radius 1 is 1.14 bits per heavy atom. The van der Waals surface area contributed by atoms with Crippen LogP contribution in [0.4, 0.5) is 15.8 Å². The molecule has 0 spiro atoms. The smallest absolute Gasteiger partial charge is 0.250 e. The Bertz CT molecular complexity index is 1450. The molecule has 2 aromatic heterocycles. The lowest BCUT2D eigenvalue weighted by Gasteiger charge is -2.29. The van der Waals surface area contributed by atoms with Crippen LogP contribution in [-0.2, 0) is 9.53 Å². The maximum absolute atomic E-state index is 14.1. The minimum Gasteiger partial charge on any atom is -0.375 e. The summed E-state index contributed by atoms with van der Waals surface area (Å²) < 4.78 is 20.9. The monoisotopic (exact) mass is 535 g/mol. The maximum atomic E-state index is 14.1. The molecule has 188 valence electrons. The van der Waals surface area contributed by atoms with E-state index in [0.717, 1.165) is 17.1 Å². The van der Waals surface area contributed by atoms with Gasteiger partial charge in [-0.1, -0.05) is 23.7 Å². The Morgan fingerprint density at radius 2 is 2.00 bits per heavy atom. The first-order valence-corrected chi connectivity index (χ1v) is 12.3. The number of aromatic nitrogens is 2. The molecule has 2 aromatic carbocycles. The number of thiocarbonyl (C=S) groups is 1. The van der Waals surface area contributed by atoms with Gasteiger partial charge in [0.1, 0.15) is 18.5 Å². The molecule has 0 saturated carbocycles. The van der Waals surface area contributed by atoms with E-state index in [1.165, 1.54) is 19.2 Å². The minimum atomic E-state index is -0.342.